The van der Waals surface area contributed by atoms with Gasteiger partial charge in [0.2, 0.25) is 5.91 Å². The number of hydrogen-bond acceptors (Lipinski definition) is 3. The molecule has 0 saturated carbocycles. The average molecular weight is 407 g/mol. The van der Waals surface area contributed by atoms with Crippen molar-refractivity contribution in [2.24, 2.45) is 7.05 Å². The first-order chi connectivity index (χ1) is 14.5. The third kappa shape index (κ3) is 4.48. The molecule has 1 aliphatic rings. The fourth-order valence-electron chi connectivity index (χ4n) is 3.58. The van der Waals surface area contributed by atoms with E-state index in [1.807, 2.05) is 18.2 Å². The Morgan fingerprint density at radius 1 is 1.23 bits per heavy atom. The zero-order valence-corrected chi connectivity index (χ0v) is 16.4. The van der Waals surface area contributed by atoms with Crippen molar-refractivity contribution in [3.63, 3.8) is 0 Å². The van der Waals surface area contributed by atoms with Crippen molar-refractivity contribution in [2.45, 2.75) is 18.4 Å². The molecule has 0 bridgehead atoms. The number of carbonyl (C=O) groups excluding carboxylic acids is 2. The van der Waals surface area contributed by atoms with Gasteiger partial charge >= 0.3 is 6.03 Å². The van der Waals surface area contributed by atoms with Gasteiger partial charge in [-0.2, -0.15) is 5.10 Å². The first kappa shape index (κ1) is 19.6. The van der Waals surface area contributed by atoms with Gasteiger partial charge in [-0.05, 0) is 41.5 Å². The lowest BCUT2D eigenvalue weighted by Gasteiger charge is -2.18. The van der Waals surface area contributed by atoms with Gasteiger partial charge in [-0.3, -0.25) is 9.48 Å². The number of anilines is 1. The van der Waals surface area contributed by atoms with Gasteiger partial charge in [0, 0.05) is 37.8 Å². The maximum atomic E-state index is 13.4. The van der Waals surface area contributed by atoms with Crippen LogP contribution in [0, 0.1) is 5.82 Å². The number of benzene rings is 2. The summed E-state index contributed by atoms with van der Waals surface area (Å²) in [6.07, 6.45) is 2.23. The van der Waals surface area contributed by atoms with Gasteiger partial charge in [-0.1, -0.05) is 24.3 Å². The fourth-order valence-corrected chi connectivity index (χ4v) is 3.58. The third-order valence-corrected chi connectivity index (χ3v) is 5.10. The maximum absolute atomic E-state index is 13.4. The lowest BCUT2D eigenvalue weighted by molar-refractivity contribution is -0.119. The lowest BCUT2D eigenvalue weighted by Crippen LogP contribution is -2.33. The van der Waals surface area contributed by atoms with Gasteiger partial charge in [0.15, 0.2) is 0 Å². The summed E-state index contributed by atoms with van der Waals surface area (Å²) in [6.45, 7) is 0.598. The van der Waals surface area contributed by atoms with E-state index in [1.54, 1.807) is 42.2 Å². The summed E-state index contributed by atoms with van der Waals surface area (Å²) < 4.78 is 15.0. The number of carbonyl (C=O) groups is 2. The SMILES string of the molecule is Cn1ccc(C(NC(=O)Nc2cccc(C3CNC(=O)C3)c2)c2ccc(F)cc2)n1. The number of nitrogens with one attached hydrogen (secondary N) is 3. The van der Waals surface area contributed by atoms with E-state index in [2.05, 4.69) is 21.0 Å². The summed E-state index contributed by atoms with van der Waals surface area (Å²) in [6, 6.07) is 14.3. The Bertz CT molecular complexity index is 1060. The molecule has 2 unspecified atom stereocenters. The van der Waals surface area contributed by atoms with Crippen LogP contribution < -0.4 is 16.0 Å². The minimum absolute atomic E-state index is 0.0357. The lowest BCUT2D eigenvalue weighted by atomic mass is 9.98. The van der Waals surface area contributed by atoms with Crippen LogP contribution in [0.3, 0.4) is 0 Å². The molecular formula is C22H22FN5O2. The van der Waals surface area contributed by atoms with Crippen molar-refractivity contribution < 1.29 is 14.0 Å². The van der Waals surface area contributed by atoms with E-state index in [0.29, 0.717) is 24.3 Å². The summed E-state index contributed by atoms with van der Waals surface area (Å²) in [5.74, 6) is -0.212. The Morgan fingerprint density at radius 3 is 2.70 bits per heavy atom. The molecule has 3 aromatic rings. The molecule has 3 amide bonds. The molecule has 154 valence electrons. The molecular weight excluding hydrogens is 385 g/mol. The zero-order valence-electron chi connectivity index (χ0n) is 16.4. The van der Waals surface area contributed by atoms with Crippen LogP contribution in [0.1, 0.15) is 35.2 Å². The van der Waals surface area contributed by atoms with Gasteiger partial charge in [0.1, 0.15) is 11.9 Å². The van der Waals surface area contributed by atoms with Gasteiger partial charge in [0.25, 0.3) is 0 Å². The second-order valence-corrected chi connectivity index (χ2v) is 7.33. The maximum Gasteiger partial charge on any atom is 0.320 e. The second kappa shape index (κ2) is 8.36. The van der Waals surface area contributed by atoms with E-state index in [1.165, 1.54) is 12.1 Å². The van der Waals surface area contributed by atoms with E-state index in [4.69, 9.17) is 0 Å². The quantitative estimate of drug-likeness (QED) is 0.607. The van der Waals surface area contributed by atoms with Gasteiger partial charge < -0.3 is 16.0 Å². The normalized spacial score (nSPS) is 16.7. The number of rotatable bonds is 5. The Morgan fingerprint density at radius 2 is 2.03 bits per heavy atom. The largest absolute Gasteiger partial charge is 0.355 e. The molecule has 0 radical (unpaired) electrons. The molecule has 1 aromatic heterocycles. The number of urea groups is 1. The van der Waals surface area contributed by atoms with E-state index >= 15 is 0 Å². The van der Waals surface area contributed by atoms with E-state index in [-0.39, 0.29) is 17.6 Å². The highest BCUT2D eigenvalue weighted by Gasteiger charge is 2.23. The zero-order chi connectivity index (χ0) is 21.1. The standard InChI is InChI=1S/C22H22FN5O2/c1-28-10-9-19(27-28)21(14-5-7-17(23)8-6-14)26-22(30)25-18-4-2-3-15(11-18)16-12-20(29)24-13-16/h2-11,16,21H,12-13H2,1H3,(H,24,29)(H2,25,26,30). The molecule has 7 nitrogen and oxygen atoms in total. The molecule has 30 heavy (non-hydrogen) atoms. The molecule has 2 atom stereocenters. The smallest absolute Gasteiger partial charge is 0.320 e. The summed E-state index contributed by atoms with van der Waals surface area (Å²) in [4.78, 5) is 24.2. The Kier molecular flexibility index (Phi) is 5.47. The number of halogens is 1. The van der Waals surface area contributed by atoms with Crippen LogP contribution in [0.2, 0.25) is 0 Å². The molecule has 1 saturated heterocycles. The molecule has 0 spiro atoms. The van der Waals surface area contributed by atoms with Crippen molar-refractivity contribution in [1.29, 1.82) is 0 Å². The minimum atomic E-state index is -0.536. The predicted molar refractivity (Wildman–Crippen MR) is 110 cm³/mol. The van der Waals surface area contributed by atoms with Crippen molar-refractivity contribution in [2.75, 3.05) is 11.9 Å². The van der Waals surface area contributed by atoms with Crippen LogP contribution in [0.25, 0.3) is 0 Å². The highest BCUT2D eigenvalue weighted by molar-refractivity contribution is 5.90. The monoisotopic (exact) mass is 407 g/mol. The van der Waals surface area contributed by atoms with Crippen molar-refractivity contribution in [3.05, 3.63) is 83.4 Å². The van der Waals surface area contributed by atoms with Crippen LogP contribution in [0.4, 0.5) is 14.9 Å². The van der Waals surface area contributed by atoms with Crippen LogP contribution in [0.15, 0.2) is 60.8 Å². The highest BCUT2D eigenvalue weighted by Crippen LogP contribution is 2.26. The van der Waals surface area contributed by atoms with E-state index < -0.39 is 12.1 Å². The predicted octanol–water partition coefficient (Wildman–Crippen LogP) is 3.07. The van der Waals surface area contributed by atoms with Crippen LogP contribution in [-0.2, 0) is 11.8 Å². The molecule has 4 rings (SSSR count). The second-order valence-electron chi connectivity index (χ2n) is 7.33. The molecule has 3 N–H and O–H groups in total. The Labute approximate surface area is 173 Å². The van der Waals surface area contributed by atoms with Crippen LogP contribution >= 0.6 is 0 Å². The summed E-state index contributed by atoms with van der Waals surface area (Å²) >= 11 is 0. The van der Waals surface area contributed by atoms with Crippen LogP contribution in [0.5, 0.6) is 0 Å². The molecule has 8 heteroatoms. The summed E-state index contributed by atoms with van der Waals surface area (Å²) in [5.41, 5.74) is 2.98. The molecule has 2 heterocycles. The molecule has 1 aliphatic heterocycles. The van der Waals surface area contributed by atoms with Crippen molar-refractivity contribution in [1.82, 2.24) is 20.4 Å². The van der Waals surface area contributed by atoms with E-state index in [9.17, 15) is 14.0 Å². The summed E-state index contributed by atoms with van der Waals surface area (Å²) in [5, 5.41) is 13.0. The fraction of sp³-hybridized carbons (Fsp3) is 0.227. The van der Waals surface area contributed by atoms with Crippen molar-refractivity contribution in [3.8, 4) is 0 Å². The number of amides is 3. The van der Waals surface area contributed by atoms with Crippen LogP contribution in [-0.4, -0.2) is 28.3 Å². The van der Waals surface area contributed by atoms with Gasteiger partial charge in [0.05, 0.1) is 5.69 Å². The van der Waals surface area contributed by atoms with E-state index in [0.717, 1.165) is 11.1 Å². The number of nitrogens with zero attached hydrogens (tertiary/aromatic N) is 2. The first-order valence-electron chi connectivity index (χ1n) is 9.67. The van der Waals surface area contributed by atoms with Crippen molar-refractivity contribution >= 4 is 17.6 Å². The summed E-state index contributed by atoms with van der Waals surface area (Å²) in [7, 11) is 1.79. The molecule has 0 aliphatic carbocycles. The number of aromatic nitrogens is 2. The number of aryl methyl sites for hydroxylation is 1. The Balaban J connectivity index is 1.50. The molecule has 1 fully saturated rings. The Hall–Kier alpha value is -3.68. The highest BCUT2D eigenvalue weighted by atomic mass is 19.1. The average Bonchev–Trinajstić information content (AvgIpc) is 3.35. The first-order valence-corrected chi connectivity index (χ1v) is 9.67. The van der Waals surface area contributed by atoms with Gasteiger partial charge in [-0.25, -0.2) is 9.18 Å². The third-order valence-electron chi connectivity index (χ3n) is 5.10. The minimum Gasteiger partial charge on any atom is -0.355 e. The number of hydrogen-bond donors (Lipinski definition) is 3. The topological polar surface area (TPSA) is 88.0 Å². The van der Waals surface area contributed by atoms with Gasteiger partial charge in [-0.15, -0.1) is 0 Å². The molecule has 2 aromatic carbocycles.